The average molecular weight is 266 g/mol. The minimum absolute atomic E-state index is 0. The third kappa shape index (κ3) is 3.49. The van der Waals surface area contributed by atoms with Gasteiger partial charge in [0.2, 0.25) is 0 Å². The summed E-state index contributed by atoms with van der Waals surface area (Å²) in [6.07, 6.45) is 2.42. The summed E-state index contributed by atoms with van der Waals surface area (Å²) < 4.78 is 0. The maximum absolute atomic E-state index is 9.37. The van der Waals surface area contributed by atoms with E-state index < -0.39 is 0 Å². The van der Waals surface area contributed by atoms with E-state index in [1.807, 2.05) is 12.1 Å². The molecule has 0 bridgehead atoms. The fraction of sp³-hybridized carbons (Fsp3) is 0.500. The summed E-state index contributed by atoms with van der Waals surface area (Å²) in [6, 6.07) is 3.94. The topological polar surface area (TPSA) is 62.4 Å². The molecule has 1 unspecified atom stereocenters. The summed E-state index contributed by atoms with van der Waals surface area (Å²) >= 11 is 0. The number of anilines is 1. The first-order valence-electron chi connectivity index (χ1n) is 4.87. The van der Waals surface area contributed by atoms with Crippen LogP contribution in [0.5, 0.6) is 0 Å². The van der Waals surface area contributed by atoms with Crippen LogP contribution in [0.15, 0.2) is 18.3 Å². The Morgan fingerprint density at radius 1 is 1.44 bits per heavy atom. The Balaban J connectivity index is 0.00000112. The van der Waals surface area contributed by atoms with Crippen LogP contribution in [0.3, 0.4) is 0 Å². The van der Waals surface area contributed by atoms with Crippen molar-refractivity contribution >= 4 is 30.6 Å². The summed E-state index contributed by atoms with van der Waals surface area (Å²) in [4.78, 5) is 6.39. The van der Waals surface area contributed by atoms with Gasteiger partial charge in [0.1, 0.15) is 5.82 Å². The minimum atomic E-state index is -0.203. The summed E-state index contributed by atoms with van der Waals surface area (Å²) in [5.74, 6) is 0.929. The van der Waals surface area contributed by atoms with E-state index in [0.29, 0.717) is 13.1 Å². The molecule has 6 heteroatoms. The third-order valence-electron chi connectivity index (χ3n) is 2.53. The van der Waals surface area contributed by atoms with Gasteiger partial charge in [-0.05, 0) is 18.1 Å². The fourth-order valence-electron chi connectivity index (χ4n) is 1.67. The number of pyridine rings is 1. The molecule has 0 saturated carbocycles. The standard InChI is InChI=1S/C10H15N3O.2ClH/c11-5-8-1-2-10(12-6-8)13-4-3-9(14)7-13;;/h1-2,6,9,14H,3-5,7,11H2;2*1H. The van der Waals surface area contributed by atoms with Crippen LogP contribution in [-0.2, 0) is 6.54 Å². The van der Waals surface area contributed by atoms with Crippen molar-refractivity contribution in [1.82, 2.24) is 4.98 Å². The number of rotatable bonds is 2. The number of aromatic nitrogens is 1. The molecule has 16 heavy (non-hydrogen) atoms. The molecule has 3 N–H and O–H groups in total. The van der Waals surface area contributed by atoms with E-state index in [1.54, 1.807) is 6.20 Å². The zero-order valence-electron chi connectivity index (χ0n) is 8.87. The third-order valence-corrected chi connectivity index (χ3v) is 2.53. The maximum Gasteiger partial charge on any atom is 0.128 e. The molecule has 2 rings (SSSR count). The van der Waals surface area contributed by atoms with Crippen LogP contribution in [-0.4, -0.2) is 29.3 Å². The molecule has 1 aliphatic rings. The van der Waals surface area contributed by atoms with Gasteiger partial charge in [-0.2, -0.15) is 0 Å². The van der Waals surface area contributed by atoms with Gasteiger partial charge in [-0.25, -0.2) is 4.98 Å². The first-order chi connectivity index (χ1) is 6.79. The van der Waals surface area contributed by atoms with Crippen LogP contribution < -0.4 is 10.6 Å². The molecule has 1 saturated heterocycles. The lowest BCUT2D eigenvalue weighted by atomic mass is 10.3. The maximum atomic E-state index is 9.37. The molecular formula is C10H17Cl2N3O. The van der Waals surface area contributed by atoms with E-state index in [1.165, 1.54) is 0 Å². The first kappa shape index (κ1) is 15.4. The van der Waals surface area contributed by atoms with Gasteiger partial charge in [0, 0.05) is 25.8 Å². The van der Waals surface area contributed by atoms with Crippen molar-refractivity contribution in [3.05, 3.63) is 23.9 Å². The quantitative estimate of drug-likeness (QED) is 0.836. The van der Waals surface area contributed by atoms with Gasteiger partial charge >= 0.3 is 0 Å². The van der Waals surface area contributed by atoms with Crippen molar-refractivity contribution in [1.29, 1.82) is 0 Å². The highest BCUT2D eigenvalue weighted by molar-refractivity contribution is 5.85. The van der Waals surface area contributed by atoms with Gasteiger partial charge in [-0.1, -0.05) is 6.07 Å². The van der Waals surface area contributed by atoms with Gasteiger partial charge in [0.05, 0.1) is 6.10 Å². The van der Waals surface area contributed by atoms with Crippen LogP contribution in [0.2, 0.25) is 0 Å². The van der Waals surface area contributed by atoms with E-state index >= 15 is 0 Å². The second-order valence-electron chi connectivity index (χ2n) is 3.62. The Hall–Kier alpha value is -0.550. The monoisotopic (exact) mass is 265 g/mol. The second kappa shape index (κ2) is 6.91. The van der Waals surface area contributed by atoms with Crippen molar-refractivity contribution in [2.24, 2.45) is 5.73 Å². The number of β-amino-alcohol motifs (C(OH)–C–C–N with tert-alkyl or cyclic N) is 1. The number of hydrogen-bond acceptors (Lipinski definition) is 4. The summed E-state index contributed by atoms with van der Waals surface area (Å²) in [5.41, 5.74) is 6.52. The predicted molar refractivity (Wildman–Crippen MR) is 69.5 cm³/mol. The minimum Gasteiger partial charge on any atom is -0.391 e. The predicted octanol–water partition coefficient (Wildman–Crippen LogP) is 0.955. The molecular weight excluding hydrogens is 249 g/mol. The number of aliphatic hydroxyl groups excluding tert-OH is 1. The number of aliphatic hydroxyl groups is 1. The van der Waals surface area contributed by atoms with E-state index in [9.17, 15) is 5.11 Å². The largest absolute Gasteiger partial charge is 0.391 e. The highest BCUT2D eigenvalue weighted by atomic mass is 35.5. The van der Waals surface area contributed by atoms with Crippen LogP contribution in [0.25, 0.3) is 0 Å². The van der Waals surface area contributed by atoms with Crippen LogP contribution in [0.4, 0.5) is 5.82 Å². The van der Waals surface area contributed by atoms with E-state index in [-0.39, 0.29) is 30.9 Å². The number of nitrogens with two attached hydrogens (primary N) is 1. The van der Waals surface area contributed by atoms with Gasteiger partial charge in [-0.3, -0.25) is 0 Å². The van der Waals surface area contributed by atoms with Crippen molar-refractivity contribution in [3.63, 3.8) is 0 Å². The van der Waals surface area contributed by atoms with Crippen molar-refractivity contribution in [3.8, 4) is 0 Å². The molecule has 92 valence electrons. The lowest BCUT2D eigenvalue weighted by molar-refractivity contribution is 0.198. The summed E-state index contributed by atoms with van der Waals surface area (Å²) in [7, 11) is 0. The highest BCUT2D eigenvalue weighted by Gasteiger charge is 2.20. The van der Waals surface area contributed by atoms with Crippen molar-refractivity contribution in [2.45, 2.75) is 19.1 Å². The van der Waals surface area contributed by atoms with E-state index in [0.717, 1.165) is 24.3 Å². The van der Waals surface area contributed by atoms with Crippen LogP contribution in [0.1, 0.15) is 12.0 Å². The molecule has 1 aromatic rings. The molecule has 1 fully saturated rings. The molecule has 0 spiro atoms. The van der Waals surface area contributed by atoms with Gasteiger partial charge in [0.15, 0.2) is 0 Å². The Kier molecular flexibility index (Phi) is 6.67. The molecule has 0 amide bonds. The van der Waals surface area contributed by atoms with E-state index in [2.05, 4.69) is 9.88 Å². The summed E-state index contributed by atoms with van der Waals surface area (Å²) in [5, 5.41) is 9.37. The van der Waals surface area contributed by atoms with Gasteiger partial charge in [-0.15, -0.1) is 24.8 Å². The van der Waals surface area contributed by atoms with Crippen molar-refractivity contribution in [2.75, 3.05) is 18.0 Å². The normalized spacial score (nSPS) is 18.9. The number of hydrogen-bond donors (Lipinski definition) is 2. The van der Waals surface area contributed by atoms with E-state index in [4.69, 9.17) is 5.73 Å². The Labute approximate surface area is 108 Å². The van der Waals surface area contributed by atoms with Crippen LogP contribution in [0, 0.1) is 0 Å². The molecule has 0 radical (unpaired) electrons. The van der Waals surface area contributed by atoms with Gasteiger partial charge < -0.3 is 15.7 Å². The van der Waals surface area contributed by atoms with Crippen LogP contribution >= 0.6 is 24.8 Å². The smallest absolute Gasteiger partial charge is 0.128 e. The molecule has 1 aliphatic heterocycles. The number of nitrogens with zero attached hydrogens (tertiary/aromatic N) is 2. The lowest BCUT2D eigenvalue weighted by Crippen LogP contribution is -2.22. The second-order valence-corrected chi connectivity index (χ2v) is 3.62. The van der Waals surface area contributed by atoms with Crippen molar-refractivity contribution < 1.29 is 5.11 Å². The zero-order valence-corrected chi connectivity index (χ0v) is 10.5. The molecule has 0 aromatic carbocycles. The Morgan fingerprint density at radius 3 is 2.62 bits per heavy atom. The lowest BCUT2D eigenvalue weighted by Gasteiger charge is -2.16. The molecule has 0 aliphatic carbocycles. The Morgan fingerprint density at radius 2 is 2.19 bits per heavy atom. The number of halogens is 2. The van der Waals surface area contributed by atoms with Gasteiger partial charge in [0.25, 0.3) is 0 Å². The first-order valence-corrected chi connectivity index (χ1v) is 4.87. The zero-order chi connectivity index (χ0) is 9.97. The molecule has 1 atom stereocenters. The fourth-order valence-corrected chi connectivity index (χ4v) is 1.67. The average Bonchev–Trinajstić information content (AvgIpc) is 2.65. The molecule has 1 aromatic heterocycles. The summed E-state index contributed by atoms with van der Waals surface area (Å²) in [6.45, 7) is 2.10. The SMILES string of the molecule is Cl.Cl.NCc1ccc(N2CCC(O)C2)nc1. The molecule has 4 nitrogen and oxygen atoms in total. The molecule has 2 heterocycles. The highest BCUT2D eigenvalue weighted by Crippen LogP contribution is 2.17. The Bertz CT molecular complexity index is 307.